The Bertz CT molecular complexity index is 91.8. The molecule has 0 aromatic heterocycles. The molecule has 1 saturated heterocycles. The van der Waals surface area contributed by atoms with Gasteiger partial charge in [-0.05, 0) is 6.92 Å². The molecule has 1 aliphatic heterocycles. The van der Waals surface area contributed by atoms with Gasteiger partial charge < -0.3 is 15.2 Å². The zero-order chi connectivity index (χ0) is 6.69. The molecule has 1 fully saturated rings. The number of rotatable bonds is 1. The summed E-state index contributed by atoms with van der Waals surface area (Å²) in [5.74, 6) is 0. The van der Waals surface area contributed by atoms with E-state index in [2.05, 4.69) is 5.32 Å². The standard InChI is InChI=1S/C6H12NO2.K/c1-5-2-7-3-6(4-8)9-5;/h5-6,8H,2-4H2,1H3;/q-1;+1. The molecule has 2 unspecified atom stereocenters. The molecular formula is C6H12KNO2. The van der Waals surface area contributed by atoms with Crippen molar-refractivity contribution in [3.8, 4) is 0 Å². The minimum absolute atomic E-state index is 0. The first-order valence-corrected chi connectivity index (χ1v) is 3.22. The normalized spacial score (nSPS) is 33.0. The number of ether oxygens (including phenoxy) is 1. The van der Waals surface area contributed by atoms with E-state index < -0.39 is 0 Å². The van der Waals surface area contributed by atoms with E-state index in [4.69, 9.17) is 9.84 Å². The predicted octanol–water partition coefficient (Wildman–Crippen LogP) is -2.86. The summed E-state index contributed by atoms with van der Waals surface area (Å²) in [6.07, 6.45) is 0.143. The third kappa shape index (κ3) is 3.78. The molecule has 0 saturated carbocycles. The van der Waals surface area contributed by atoms with Crippen LogP contribution in [-0.4, -0.2) is 37.0 Å². The van der Waals surface area contributed by atoms with Gasteiger partial charge in [0, 0.05) is 6.10 Å². The van der Waals surface area contributed by atoms with Gasteiger partial charge in [0.2, 0.25) is 0 Å². The van der Waals surface area contributed by atoms with E-state index in [1.54, 1.807) is 0 Å². The van der Waals surface area contributed by atoms with Gasteiger partial charge in [-0.15, -0.1) is 13.1 Å². The number of hydrogen-bond acceptors (Lipinski definition) is 2. The molecule has 0 amide bonds. The zero-order valence-corrected chi connectivity index (χ0v) is 9.70. The van der Waals surface area contributed by atoms with E-state index in [1.807, 2.05) is 6.92 Å². The Labute approximate surface area is 104 Å². The molecule has 1 aliphatic rings. The minimum atomic E-state index is -0.0475. The maximum absolute atomic E-state index is 8.62. The van der Waals surface area contributed by atoms with Crippen LogP contribution in [0.25, 0.3) is 5.32 Å². The Kier molecular flexibility index (Phi) is 7.00. The van der Waals surface area contributed by atoms with Crippen LogP contribution < -0.4 is 51.4 Å². The summed E-state index contributed by atoms with van der Waals surface area (Å²) >= 11 is 0. The summed E-state index contributed by atoms with van der Waals surface area (Å²) in [7, 11) is 0. The SMILES string of the molecule is CC1C[N-]CC(CO)O1.[K+]. The summed E-state index contributed by atoms with van der Waals surface area (Å²) in [5, 5.41) is 12.7. The molecule has 0 spiro atoms. The molecular weight excluding hydrogens is 157 g/mol. The molecule has 0 aliphatic carbocycles. The fourth-order valence-electron chi connectivity index (χ4n) is 0.916. The summed E-state index contributed by atoms with van der Waals surface area (Å²) in [4.78, 5) is 0. The third-order valence-electron chi connectivity index (χ3n) is 1.35. The molecule has 10 heavy (non-hydrogen) atoms. The predicted molar refractivity (Wildman–Crippen MR) is 34.5 cm³/mol. The number of hydrogen-bond donors (Lipinski definition) is 1. The second-order valence-electron chi connectivity index (χ2n) is 2.34. The molecule has 3 nitrogen and oxygen atoms in total. The summed E-state index contributed by atoms with van der Waals surface area (Å²) in [6.45, 7) is 3.48. The Morgan fingerprint density at radius 1 is 1.60 bits per heavy atom. The van der Waals surface area contributed by atoms with E-state index in [0.717, 1.165) is 6.54 Å². The van der Waals surface area contributed by atoms with Gasteiger partial charge in [-0.2, -0.15) is 0 Å². The van der Waals surface area contributed by atoms with E-state index >= 15 is 0 Å². The molecule has 1 rings (SSSR count). The number of nitrogens with zero attached hydrogens (tertiary/aromatic N) is 1. The zero-order valence-electron chi connectivity index (χ0n) is 6.58. The van der Waals surface area contributed by atoms with Crippen LogP contribution in [0.5, 0.6) is 0 Å². The van der Waals surface area contributed by atoms with Crippen molar-refractivity contribution in [1.29, 1.82) is 0 Å². The van der Waals surface area contributed by atoms with Crippen molar-refractivity contribution in [3.05, 3.63) is 5.32 Å². The first-order valence-electron chi connectivity index (χ1n) is 3.22. The van der Waals surface area contributed by atoms with Gasteiger partial charge in [-0.3, -0.25) is 0 Å². The average Bonchev–Trinajstić information content (AvgIpc) is 1.88. The fraction of sp³-hybridized carbons (Fsp3) is 1.00. The molecule has 0 aromatic carbocycles. The fourth-order valence-corrected chi connectivity index (χ4v) is 0.916. The first kappa shape index (κ1) is 11.5. The summed E-state index contributed by atoms with van der Waals surface area (Å²) in [6, 6.07) is 0. The van der Waals surface area contributed by atoms with Crippen molar-refractivity contribution < 1.29 is 61.2 Å². The minimum Gasteiger partial charge on any atom is -0.658 e. The van der Waals surface area contributed by atoms with Crippen LogP contribution in [0.2, 0.25) is 0 Å². The van der Waals surface area contributed by atoms with Gasteiger partial charge in [0.15, 0.2) is 0 Å². The van der Waals surface area contributed by atoms with Crippen molar-refractivity contribution in [3.63, 3.8) is 0 Å². The van der Waals surface area contributed by atoms with Crippen LogP contribution in [0.1, 0.15) is 6.92 Å². The Morgan fingerprint density at radius 2 is 2.30 bits per heavy atom. The second-order valence-corrected chi connectivity index (χ2v) is 2.34. The quantitative estimate of drug-likeness (QED) is 0.429. The smallest absolute Gasteiger partial charge is 0.658 e. The molecule has 0 aromatic rings. The van der Waals surface area contributed by atoms with Gasteiger partial charge in [0.1, 0.15) is 0 Å². The van der Waals surface area contributed by atoms with E-state index in [9.17, 15) is 0 Å². The molecule has 54 valence electrons. The van der Waals surface area contributed by atoms with Crippen LogP contribution in [0.4, 0.5) is 0 Å². The third-order valence-corrected chi connectivity index (χ3v) is 1.35. The van der Waals surface area contributed by atoms with Gasteiger partial charge in [0.25, 0.3) is 0 Å². The van der Waals surface area contributed by atoms with Gasteiger partial charge >= 0.3 is 51.4 Å². The van der Waals surface area contributed by atoms with E-state index in [0.29, 0.717) is 6.54 Å². The van der Waals surface area contributed by atoms with Crippen molar-refractivity contribution in [2.45, 2.75) is 19.1 Å². The first-order chi connectivity index (χ1) is 4.33. The maximum atomic E-state index is 8.62. The maximum Gasteiger partial charge on any atom is 1.00 e. The van der Waals surface area contributed by atoms with Crippen molar-refractivity contribution in [2.24, 2.45) is 0 Å². The topological polar surface area (TPSA) is 43.6 Å². The van der Waals surface area contributed by atoms with Gasteiger partial charge in [0.05, 0.1) is 12.7 Å². The van der Waals surface area contributed by atoms with Gasteiger partial charge in [-0.1, -0.05) is 0 Å². The number of aliphatic hydroxyl groups is 1. The second kappa shape index (κ2) is 6.08. The Morgan fingerprint density at radius 3 is 2.70 bits per heavy atom. The van der Waals surface area contributed by atoms with Gasteiger partial charge in [-0.25, -0.2) is 0 Å². The van der Waals surface area contributed by atoms with Crippen LogP contribution in [-0.2, 0) is 4.74 Å². The summed E-state index contributed by atoms with van der Waals surface area (Å²) in [5.41, 5.74) is 0. The molecule has 0 radical (unpaired) electrons. The van der Waals surface area contributed by atoms with E-state index in [-0.39, 0.29) is 70.2 Å². The van der Waals surface area contributed by atoms with Crippen LogP contribution in [0, 0.1) is 0 Å². The van der Waals surface area contributed by atoms with Crippen LogP contribution in [0.15, 0.2) is 0 Å². The summed E-state index contributed by atoms with van der Waals surface area (Å²) < 4.78 is 5.29. The molecule has 2 atom stereocenters. The Balaban J connectivity index is 0.000000810. The van der Waals surface area contributed by atoms with Crippen LogP contribution in [0.3, 0.4) is 0 Å². The molecule has 0 bridgehead atoms. The van der Waals surface area contributed by atoms with Crippen molar-refractivity contribution in [1.82, 2.24) is 0 Å². The monoisotopic (exact) mass is 169 g/mol. The Hall–Kier alpha value is 1.52. The van der Waals surface area contributed by atoms with E-state index in [1.165, 1.54) is 0 Å². The molecule has 1 heterocycles. The molecule has 4 heteroatoms. The number of morpholine rings is 1. The molecule has 1 N–H and O–H groups in total. The average molecular weight is 169 g/mol. The largest absolute Gasteiger partial charge is 1.00 e. The van der Waals surface area contributed by atoms with Crippen molar-refractivity contribution >= 4 is 0 Å². The number of aliphatic hydroxyl groups excluding tert-OH is 1. The van der Waals surface area contributed by atoms with Crippen molar-refractivity contribution in [2.75, 3.05) is 19.7 Å². The van der Waals surface area contributed by atoms with Crippen LogP contribution >= 0.6 is 0 Å².